The van der Waals surface area contributed by atoms with Gasteiger partial charge in [-0.1, -0.05) is 13.0 Å². The molecular weight excluding hydrogens is 176 g/mol. The van der Waals surface area contributed by atoms with Crippen molar-refractivity contribution in [2.45, 2.75) is 13.3 Å². The van der Waals surface area contributed by atoms with Crippen LogP contribution in [0, 0.1) is 0 Å². The number of anilines is 1. The Hall–Kier alpha value is -1.77. The predicted octanol–water partition coefficient (Wildman–Crippen LogP) is 1.33. The highest BCUT2D eigenvalue weighted by Crippen LogP contribution is 2.15. The van der Waals surface area contributed by atoms with Crippen LogP contribution < -0.4 is 11.5 Å². The van der Waals surface area contributed by atoms with Crippen LogP contribution in [0.2, 0.25) is 0 Å². The second kappa shape index (κ2) is 4.46. The molecule has 3 heteroatoms. The van der Waals surface area contributed by atoms with Crippen molar-refractivity contribution >= 4 is 17.7 Å². The normalized spacial score (nSPS) is 10.6. The van der Waals surface area contributed by atoms with Crippen LogP contribution in [0.3, 0.4) is 0 Å². The van der Waals surface area contributed by atoms with E-state index >= 15 is 0 Å². The fraction of sp³-hybridized carbons (Fsp3) is 0.182. The predicted molar refractivity (Wildman–Crippen MR) is 58.5 cm³/mol. The average molecular weight is 190 g/mol. The van der Waals surface area contributed by atoms with Crippen molar-refractivity contribution in [1.82, 2.24) is 0 Å². The molecule has 1 amide bonds. The van der Waals surface area contributed by atoms with Crippen LogP contribution in [0.1, 0.15) is 18.1 Å². The van der Waals surface area contributed by atoms with Gasteiger partial charge in [-0.2, -0.15) is 0 Å². The zero-order valence-electron chi connectivity index (χ0n) is 8.16. The van der Waals surface area contributed by atoms with Crippen molar-refractivity contribution < 1.29 is 4.79 Å². The smallest absolute Gasteiger partial charge is 0.241 e. The SMILES string of the molecule is CCc1cc(/C=C/C(N)=O)ccc1N. The molecule has 0 fully saturated rings. The summed E-state index contributed by atoms with van der Waals surface area (Å²) >= 11 is 0. The average Bonchev–Trinajstić information content (AvgIpc) is 2.16. The summed E-state index contributed by atoms with van der Waals surface area (Å²) in [7, 11) is 0. The summed E-state index contributed by atoms with van der Waals surface area (Å²) in [5.74, 6) is -0.445. The summed E-state index contributed by atoms with van der Waals surface area (Å²) < 4.78 is 0. The molecule has 0 unspecified atom stereocenters. The topological polar surface area (TPSA) is 69.1 Å². The van der Waals surface area contributed by atoms with Gasteiger partial charge in [0.25, 0.3) is 0 Å². The van der Waals surface area contributed by atoms with E-state index in [9.17, 15) is 4.79 Å². The third kappa shape index (κ3) is 2.62. The lowest BCUT2D eigenvalue weighted by Gasteiger charge is -2.03. The molecule has 14 heavy (non-hydrogen) atoms. The number of hydrogen-bond donors (Lipinski definition) is 2. The minimum atomic E-state index is -0.445. The number of primary amides is 1. The summed E-state index contributed by atoms with van der Waals surface area (Å²) in [6, 6.07) is 5.64. The number of carbonyl (C=O) groups is 1. The molecule has 1 aromatic rings. The Morgan fingerprint density at radius 1 is 1.50 bits per heavy atom. The number of hydrogen-bond acceptors (Lipinski definition) is 2. The van der Waals surface area contributed by atoms with Gasteiger partial charge in [0, 0.05) is 11.8 Å². The maximum Gasteiger partial charge on any atom is 0.241 e. The lowest BCUT2D eigenvalue weighted by atomic mass is 10.1. The van der Waals surface area contributed by atoms with Crippen LogP contribution in [0.25, 0.3) is 6.08 Å². The van der Waals surface area contributed by atoms with Crippen LogP contribution in [-0.4, -0.2) is 5.91 Å². The van der Waals surface area contributed by atoms with Crippen LogP contribution in [0.5, 0.6) is 0 Å². The van der Waals surface area contributed by atoms with Crippen molar-refractivity contribution in [3.05, 3.63) is 35.4 Å². The molecule has 0 aliphatic carbocycles. The van der Waals surface area contributed by atoms with Crippen molar-refractivity contribution in [3.8, 4) is 0 Å². The van der Waals surface area contributed by atoms with Gasteiger partial charge in [0.1, 0.15) is 0 Å². The van der Waals surface area contributed by atoms with Crippen molar-refractivity contribution in [3.63, 3.8) is 0 Å². The van der Waals surface area contributed by atoms with Gasteiger partial charge in [0.15, 0.2) is 0 Å². The van der Waals surface area contributed by atoms with E-state index in [0.29, 0.717) is 0 Å². The van der Waals surface area contributed by atoms with Gasteiger partial charge in [0.2, 0.25) is 5.91 Å². The van der Waals surface area contributed by atoms with Crippen molar-refractivity contribution in [2.24, 2.45) is 5.73 Å². The molecule has 0 bridgehead atoms. The number of amides is 1. The van der Waals surface area contributed by atoms with Crippen LogP contribution in [0.4, 0.5) is 5.69 Å². The van der Waals surface area contributed by atoms with E-state index in [2.05, 4.69) is 0 Å². The fourth-order valence-corrected chi connectivity index (χ4v) is 1.21. The van der Waals surface area contributed by atoms with Gasteiger partial charge >= 0.3 is 0 Å². The van der Waals surface area contributed by atoms with Crippen molar-refractivity contribution in [1.29, 1.82) is 0 Å². The van der Waals surface area contributed by atoms with E-state index < -0.39 is 5.91 Å². The molecule has 0 spiro atoms. The molecule has 0 atom stereocenters. The maximum atomic E-state index is 10.5. The number of benzene rings is 1. The molecule has 0 saturated heterocycles. The molecule has 0 aliphatic heterocycles. The number of rotatable bonds is 3. The second-order valence-corrected chi connectivity index (χ2v) is 3.05. The molecule has 0 aromatic heterocycles. The molecule has 74 valence electrons. The van der Waals surface area contributed by atoms with Gasteiger partial charge in [-0.15, -0.1) is 0 Å². The third-order valence-electron chi connectivity index (χ3n) is 1.99. The highest BCUT2D eigenvalue weighted by atomic mass is 16.1. The lowest BCUT2D eigenvalue weighted by Crippen LogP contribution is -2.05. The number of nitrogens with two attached hydrogens (primary N) is 2. The first-order chi connectivity index (χ1) is 6.63. The summed E-state index contributed by atoms with van der Waals surface area (Å²) in [6.45, 7) is 2.03. The summed E-state index contributed by atoms with van der Waals surface area (Å²) in [5, 5.41) is 0. The van der Waals surface area contributed by atoms with Gasteiger partial charge in [-0.05, 0) is 35.8 Å². The standard InChI is InChI=1S/C11H14N2O/c1-2-9-7-8(3-5-10(9)12)4-6-11(13)14/h3-7H,2,12H2,1H3,(H2,13,14)/b6-4+. The summed E-state index contributed by atoms with van der Waals surface area (Å²) in [5.41, 5.74) is 13.5. The fourth-order valence-electron chi connectivity index (χ4n) is 1.21. The van der Waals surface area contributed by atoms with Gasteiger partial charge < -0.3 is 11.5 Å². The number of aryl methyl sites for hydroxylation is 1. The number of carbonyl (C=O) groups excluding carboxylic acids is 1. The van der Waals surface area contributed by atoms with Crippen molar-refractivity contribution in [2.75, 3.05) is 5.73 Å². The Morgan fingerprint density at radius 3 is 2.79 bits per heavy atom. The first-order valence-electron chi connectivity index (χ1n) is 4.49. The molecule has 3 nitrogen and oxygen atoms in total. The molecule has 4 N–H and O–H groups in total. The van der Waals surface area contributed by atoms with E-state index in [1.54, 1.807) is 6.08 Å². The molecule has 0 aliphatic rings. The molecule has 0 radical (unpaired) electrons. The minimum Gasteiger partial charge on any atom is -0.399 e. The second-order valence-electron chi connectivity index (χ2n) is 3.05. The zero-order chi connectivity index (χ0) is 10.6. The quantitative estimate of drug-likeness (QED) is 0.557. The van der Waals surface area contributed by atoms with E-state index in [-0.39, 0.29) is 0 Å². The Labute approximate surface area is 83.4 Å². The Balaban J connectivity index is 2.95. The third-order valence-corrected chi connectivity index (χ3v) is 1.99. The highest BCUT2D eigenvalue weighted by molar-refractivity contribution is 5.90. The largest absolute Gasteiger partial charge is 0.399 e. The van der Waals surface area contributed by atoms with Crippen LogP contribution in [0.15, 0.2) is 24.3 Å². The lowest BCUT2D eigenvalue weighted by molar-refractivity contribution is -0.113. The molecule has 0 heterocycles. The first kappa shape index (κ1) is 10.3. The minimum absolute atomic E-state index is 0.445. The monoisotopic (exact) mass is 190 g/mol. The molecule has 1 aromatic carbocycles. The van der Waals surface area contributed by atoms with Crippen LogP contribution in [-0.2, 0) is 11.2 Å². The van der Waals surface area contributed by atoms with E-state index in [0.717, 1.165) is 23.2 Å². The Morgan fingerprint density at radius 2 is 2.21 bits per heavy atom. The molecular formula is C11H14N2O. The van der Waals surface area contributed by atoms with E-state index in [1.165, 1.54) is 6.08 Å². The van der Waals surface area contributed by atoms with Gasteiger partial charge in [0.05, 0.1) is 0 Å². The first-order valence-corrected chi connectivity index (χ1v) is 4.49. The summed E-state index contributed by atoms with van der Waals surface area (Å²) in [6.07, 6.45) is 3.90. The van der Waals surface area contributed by atoms with Gasteiger partial charge in [-0.3, -0.25) is 4.79 Å². The van der Waals surface area contributed by atoms with E-state index in [1.807, 2.05) is 25.1 Å². The Kier molecular flexibility index (Phi) is 3.29. The Bertz CT molecular complexity index is 370. The number of nitrogen functional groups attached to an aromatic ring is 1. The molecule has 0 saturated carbocycles. The summed E-state index contributed by atoms with van der Waals surface area (Å²) in [4.78, 5) is 10.5. The zero-order valence-corrected chi connectivity index (χ0v) is 8.16. The van der Waals surface area contributed by atoms with Crippen LogP contribution >= 0.6 is 0 Å². The highest BCUT2D eigenvalue weighted by Gasteiger charge is 1.96. The molecule has 1 rings (SSSR count). The van der Waals surface area contributed by atoms with E-state index in [4.69, 9.17) is 11.5 Å². The van der Waals surface area contributed by atoms with Gasteiger partial charge in [-0.25, -0.2) is 0 Å². The maximum absolute atomic E-state index is 10.5.